The highest BCUT2D eigenvalue weighted by atomic mass is 79.9. The summed E-state index contributed by atoms with van der Waals surface area (Å²) in [6, 6.07) is 24.7. The first kappa shape index (κ1) is 19.6. The van der Waals surface area contributed by atoms with E-state index >= 15 is 0 Å². The minimum atomic E-state index is -0.337. The summed E-state index contributed by atoms with van der Waals surface area (Å²) in [7, 11) is 0. The third-order valence-corrected chi connectivity index (χ3v) is 4.22. The number of hydrogen-bond donors (Lipinski definition) is 1. The molecule has 0 unspecified atom stereocenters. The lowest BCUT2D eigenvalue weighted by Crippen LogP contribution is -2.24. The molecule has 0 fully saturated rings. The second kappa shape index (κ2) is 10.3. The van der Waals surface area contributed by atoms with E-state index in [9.17, 15) is 4.79 Å². The number of halogens is 1. The van der Waals surface area contributed by atoms with Crippen LogP contribution in [0.5, 0.6) is 11.5 Å². The minimum absolute atomic E-state index is 0.112. The molecule has 6 heteroatoms. The second-order valence-corrected chi connectivity index (χ2v) is 6.80. The number of amides is 1. The van der Waals surface area contributed by atoms with Crippen LogP contribution in [-0.2, 0) is 11.4 Å². The molecule has 0 aromatic heterocycles. The molecule has 0 aliphatic carbocycles. The highest BCUT2D eigenvalue weighted by molar-refractivity contribution is 9.10. The zero-order chi connectivity index (χ0) is 19.6. The quantitative estimate of drug-likeness (QED) is 0.414. The maximum atomic E-state index is 11.8. The SMILES string of the molecule is O=C(COc1ccc(Br)cc1)NN=Cc1cccc(OCc2ccccc2)c1. The molecule has 0 heterocycles. The van der Waals surface area contributed by atoms with Crippen molar-refractivity contribution < 1.29 is 14.3 Å². The average Bonchev–Trinajstić information content (AvgIpc) is 2.73. The molecule has 142 valence electrons. The number of benzene rings is 3. The van der Waals surface area contributed by atoms with E-state index < -0.39 is 0 Å². The van der Waals surface area contributed by atoms with Crippen LogP contribution in [0.3, 0.4) is 0 Å². The Morgan fingerprint density at radius 3 is 2.50 bits per heavy atom. The minimum Gasteiger partial charge on any atom is -0.489 e. The molecule has 1 amide bonds. The lowest BCUT2D eigenvalue weighted by atomic mass is 10.2. The Labute approximate surface area is 172 Å². The monoisotopic (exact) mass is 438 g/mol. The van der Waals surface area contributed by atoms with Crippen LogP contribution in [0, 0.1) is 0 Å². The number of carbonyl (C=O) groups excluding carboxylic acids is 1. The number of carbonyl (C=O) groups is 1. The van der Waals surface area contributed by atoms with Crippen molar-refractivity contribution in [1.29, 1.82) is 0 Å². The van der Waals surface area contributed by atoms with Gasteiger partial charge in [-0.25, -0.2) is 5.43 Å². The number of nitrogens with one attached hydrogen (secondary N) is 1. The molecule has 5 nitrogen and oxygen atoms in total. The smallest absolute Gasteiger partial charge is 0.277 e. The van der Waals surface area contributed by atoms with E-state index in [1.54, 1.807) is 18.3 Å². The molecule has 0 atom stereocenters. The van der Waals surface area contributed by atoms with Crippen LogP contribution in [0.25, 0.3) is 0 Å². The third-order valence-electron chi connectivity index (χ3n) is 3.69. The van der Waals surface area contributed by atoms with Gasteiger partial charge in [-0.1, -0.05) is 58.4 Å². The Kier molecular flexibility index (Phi) is 7.21. The summed E-state index contributed by atoms with van der Waals surface area (Å²) < 4.78 is 12.1. The highest BCUT2D eigenvalue weighted by Gasteiger charge is 2.02. The third kappa shape index (κ3) is 6.55. The zero-order valence-corrected chi connectivity index (χ0v) is 16.6. The van der Waals surface area contributed by atoms with Crippen molar-refractivity contribution in [1.82, 2.24) is 5.43 Å². The van der Waals surface area contributed by atoms with Gasteiger partial charge in [-0.3, -0.25) is 4.79 Å². The van der Waals surface area contributed by atoms with Gasteiger partial charge in [0.1, 0.15) is 18.1 Å². The van der Waals surface area contributed by atoms with E-state index in [2.05, 4.69) is 26.5 Å². The fraction of sp³-hybridized carbons (Fsp3) is 0.0909. The first-order valence-electron chi connectivity index (χ1n) is 8.66. The molecule has 28 heavy (non-hydrogen) atoms. The van der Waals surface area contributed by atoms with Crippen molar-refractivity contribution in [2.45, 2.75) is 6.61 Å². The standard InChI is InChI=1S/C22H19BrN2O3/c23-19-9-11-20(12-10-19)28-16-22(26)25-24-14-18-7-4-8-21(13-18)27-15-17-5-2-1-3-6-17/h1-14H,15-16H2,(H,25,26). The van der Waals surface area contributed by atoms with Crippen LogP contribution in [0.4, 0.5) is 0 Å². The number of rotatable bonds is 8. The first-order valence-corrected chi connectivity index (χ1v) is 9.45. The number of hydrogen-bond acceptors (Lipinski definition) is 4. The molecule has 0 bridgehead atoms. The normalized spacial score (nSPS) is 10.6. The van der Waals surface area contributed by atoms with Gasteiger partial charge in [-0.05, 0) is 47.5 Å². The Morgan fingerprint density at radius 2 is 1.71 bits per heavy atom. The molecule has 0 radical (unpaired) electrons. The molecule has 3 aromatic rings. The Bertz CT molecular complexity index is 928. The summed E-state index contributed by atoms with van der Waals surface area (Å²) in [6.45, 7) is 0.380. The molecule has 3 aromatic carbocycles. The molecular formula is C22H19BrN2O3. The summed E-state index contributed by atoms with van der Waals surface area (Å²) in [5.74, 6) is 1.01. The second-order valence-electron chi connectivity index (χ2n) is 5.88. The van der Waals surface area contributed by atoms with Crippen molar-refractivity contribution in [2.75, 3.05) is 6.61 Å². The lowest BCUT2D eigenvalue weighted by molar-refractivity contribution is -0.123. The van der Waals surface area contributed by atoms with E-state index in [0.717, 1.165) is 21.3 Å². The number of ether oxygens (including phenoxy) is 2. The van der Waals surface area contributed by atoms with Crippen LogP contribution in [-0.4, -0.2) is 18.7 Å². The van der Waals surface area contributed by atoms with E-state index in [1.165, 1.54) is 0 Å². The van der Waals surface area contributed by atoms with E-state index in [-0.39, 0.29) is 12.5 Å². The van der Waals surface area contributed by atoms with Crippen molar-refractivity contribution in [2.24, 2.45) is 5.10 Å². The molecular weight excluding hydrogens is 420 g/mol. The van der Waals surface area contributed by atoms with Crippen molar-refractivity contribution in [3.63, 3.8) is 0 Å². The Morgan fingerprint density at radius 1 is 0.929 bits per heavy atom. The first-order chi connectivity index (χ1) is 13.7. The van der Waals surface area contributed by atoms with E-state index in [0.29, 0.717) is 12.4 Å². The summed E-state index contributed by atoms with van der Waals surface area (Å²) in [4.78, 5) is 11.8. The van der Waals surface area contributed by atoms with Gasteiger partial charge < -0.3 is 9.47 Å². The van der Waals surface area contributed by atoms with Crippen LogP contribution in [0.1, 0.15) is 11.1 Å². The van der Waals surface area contributed by atoms with Crippen LogP contribution < -0.4 is 14.9 Å². The Balaban J connectivity index is 1.45. The van der Waals surface area contributed by atoms with Gasteiger partial charge in [0, 0.05) is 4.47 Å². The molecule has 0 aliphatic rings. The fourth-order valence-corrected chi connectivity index (χ4v) is 2.58. The fourth-order valence-electron chi connectivity index (χ4n) is 2.32. The number of hydrazone groups is 1. The predicted molar refractivity (Wildman–Crippen MR) is 113 cm³/mol. The molecule has 0 saturated carbocycles. The zero-order valence-electron chi connectivity index (χ0n) is 15.0. The van der Waals surface area contributed by atoms with Gasteiger partial charge in [-0.15, -0.1) is 0 Å². The predicted octanol–water partition coefficient (Wildman–Crippen LogP) is 4.56. The number of nitrogens with zero attached hydrogens (tertiary/aromatic N) is 1. The summed E-state index contributed by atoms with van der Waals surface area (Å²) in [5.41, 5.74) is 4.36. The van der Waals surface area contributed by atoms with Crippen molar-refractivity contribution in [3.8, 4) is 11.5 Å². The van der Waals surface area contributed by atoms with Gasteiger partial charge in [-0.2, -0.15) is 5.10 Å². The van der Waals surface area contributed by atoms with Gasteiger partial charge in [0.05, 0.1) is 6.21 Å². The molecule has 3 rings (SSSR count). The molecule has 0 saturated heterocycles. The Hall–Kier alpha value is -3.12. The van der Waals surface area contributed by atoms with Crippen LogP contribution >= 0.6 is 15.9 Å². The molecule has 1 N–H and O–H groups in total. The summed E-state index contributed by atoms with van der Waals surface area (Å²) >= 11 is 3.35. The lowest BCUT2D eigenvalue weighted by Gasteiger charge is -2.07. The van der Waals surface area contributed by atoms with Gasteiger partial charge in [0.2, 0.25) is 0 Å². The highest BCUT2D eigenvalue weighted by Crippen LogP contribution is 2.16. The van der Waals surface area contributed by atoms with Crippen LogP contribution in [0.15, 0.2) is 88.4 Å². The van der Waals surface area contributed by atoms with Crippen molar-refractivity contribution in [3.05, 3.63) is 94.5 Å². The maximum Gasteiger partial charge on any atom is 0.277 e. The van der Waals surface area contributed by atoms with Crippen molar-refractivity contribution >= 4 is 28.1 Å². The molecule has 0 spiro atoms. The summed E-state index contributed by atoms with van der Waals surface area (Å²) in [6.07, 6.45) is 1.56. The van der Waals surface area contributed by atoms with E-state index in [1.807, 2.05) is 66.7 Å². The average molecular weight is 439 g/mol. The maximum absolute atomic E-state index is 11.8. The van der Waals surface area contributed by atoms with Gasteiger partial charge >= 0.3 is 0 Å². The van der Waals surface area contributed by atoms with E-state index in [4.69, 9.17) is 9.47 Å². The van der Waals surface area contributed by atoms with Gasteiger partial charge in [0.15, 0.2) is 6.61 Å². The topological polar surface area (TPSA) is 59.9 Å². The molecule has 0 aliphatic heterocycles. The largest absolute Gasteiger partial charge is 0.489 e. The van der Waals surface area contributed by atoms with Gasteiger partial charge in [0.25, 0.3) is 5.91 Å². The summed E-state index contributed by atoms with van der Waals surface area (Å²) in [5, 5.41) is 3.96. The van der Waals surface area contributed by atoms with Crippen LogP contribution in [0.2, 0.25) is 0 Å².